The van der Waals surface area contributed by atoms with Gasteiger partial charge in [0.05, 0.1) is 33.9 Å². The Morgan fingerprint density at radius 1 is 0.879 bits per heavy atom. The zero-order valence-electron chi connectivity index (χ0n) is 16.8. The molecule has 0 unspecified atom stereocenters. The molecular weight excluding hydrogens is 489 g/mol. The second-order valence-corrected chi connectivity index (χ2v) is 7.79. The van der Waals surface area contributed by atoms with Crippen molar-refractivity contribution in [3.8, 4) is 5.75 Å². The van der Waals surface area contributed by atoms with Crippen LogP contribution in [0.4, 0.5) is 0 Å². The van der Waals surface area contributed by atoms with E-state index in [1.165, 1.54) is 18.3 Å². The van der Waals surface area contributed by atoms with E-state index in [0.29, 0.717) is 21.4 Å². The van der Waals surface area contributed by atoms with Gasteiger partial charge in [-0.3, -0.25) is 9.59 Å². The molecule has 0 aromatic heterocycles. The zero-order valence-corrected chi connectivity index (χ0v) is 19.1. The minimum Gasteiger partial charge on any atom is -0.423 e. The van der Waals surface area contributed by atoms with Gasteiger partial charge in [0.2, 0.25) is 0 Å². The Kier molecular flexibility index (Phi) is 8.43. The number of hydrogen-bond acceptors (Lipinski definition) is 5. The molecule has 0 aliphatic rings. The first-order valence-corrected chi connectivity index (χ1v) is 10.6. The molecule has 0 saturated heterocycles. The van der Waals surface area contributed by atoms with E-state index in [0.717, 1.165) is 0 Å². The van der Waals surface area contributed by atoms with Crippen LogP contribution < -0.4 is 15.5 Å². The topological polar surface area (TPSA) is 96.9 Å². The van der Waals surface area contributed by atoms with Gasteiger partial charge in [-0.2, -0.15) is 5.10 Å². The Morgan fingerprint density at radius 2 is 1.61 bits per heavy atom. The van der Waals surface area contributed by atoms with Gasteiger partial charge in [-0.15, -0.1) is 0 Å². The SMILES string of the molecule is O=C(CNC(=O)c1ccccc1Cl)N/N=C\c1ccc(OC(=O)c2ccc(Cl)cc2Cl)cc1. The number of hydrogen-bond donors (Lipinski definition) is 2. The summed E-state index contributed by atoms with van der Waals surface area (Å²) in [6, 6.07) is 17.4. The molecule has 3 aromatic rings. The van der Waals surface area contributed by atoms with Gasteiger partial charge in [-0.1, -0.05) is 46.9 Å². The number of hydrazone groups is 1. The van der Waals surface area contributed by atoms with E-state index < -0.39 is 17.8 Å². The van der Waals surface area contributed by atoms with Gasteiger partial charge < -0.3 is 10.1 Å². The molecule has 0 atom stereocenters. The molecule has 0 heterocycles. The number of nitrogens with zero attached hydrogens (tertiary/aromatic N) is 1. The maximum Gasteiger partial charge on any atom is 0.345 e. The minimum absolute atomic E-state index is 0.190. The summed E-state index contributed by atoms with van der Waals surface area (Å²) >= 11 is 17.8. The summed E-state index contributed by atoms with van der Waals surface area (Å²) in [5, 5.41) is 7.18. The van der Waals surface area contributed by atoms with E-state index in [4.69, 9.17) is 39.5 Å². The summed E-state index contributed by atoms with van der Waals surface area (Å²) in [5.41, 5.74) is 3.41. The van der Waals surface area contributed by atoms with Crippen LogP contribution in [-0.4, -0.2) is 30.5 Å². The number of halogens is 3. The van der Waals surface area contributed by atoms with Crippen LogP contribution in [0.15, 0.2) is 71.8 Å². The number of amides is 2. The first-order valence-electron chi connectivity index (χ1n) is 9.45. The van der Waals surface area contributed by atoms with Crippen molar-refractivity contribution in [2.24, 2.45) is 5.10 Å². The molecule has 10 heteroatoms. The molecule has 3 aromatic carbocycles. The lowest BCUT2D eigenvalue weighted by Gasteiger charge is -2.06. The molecule has 2 amide bonds. The van der Waals surface area contributed by atoms with Crippen molar-refractivity contribution in [3.63, 3.8) is 0 Å². The Bertz CT molecular complexity index is 1210. The lowest BCUT2D eigenvalue weighted by molar-refractivity contribution is -0.120. The average Bonchev–Trinajstić information content (AvgIpc) is 2.79. The maximum atomic E-state index is 12.2. The number of rotatable bonds is 7. The molecule has 33 heavy (non-hydrogen) atoms. The van der Waals surface area contributed by atoms with E-state index in [-0.39, 0.29) is 22.7 Å². The standard InChI is InChI=1S/C23H16Cl3N3O4/c24-15-7-10-18(20(26)11-15)23(32)33-16-8-5-14(6-9-16)12-28-29-21(30)13-27-22(31)17-3-1-2-4-19(17)25/h1-12H,13H2,(H,27,31)(H,29,30)/b28-12-. The fraction of sp³-hybridized carbons (Fsp3) is 0.0435. The van der Waals surface area contributed by atoms with Crippen LogP contribution in [0.25, 0.3) is 0 Å². The average molecular weight is 505 g/mol. The van der Waals surface area contributed by atoms with E-state index in [1.807, 2.05) is 0 Å². The number of benzene rings is 3. The lowest BCUT2D eigenvalue weighted by Crippen LogP contribution is -2.35. The Balaban J connectivity index is 1.47. The van der Waals surface area contributed by atoms with E-state index in [2.05, 4.69) is 15.8 Å². The maximum absolute atomic E-state index is 12.2. The molecule has 0 radical (unpaired) electrons. The number of ether oxygens (including phenoxy) is 1. The van der Waals surface area contributed by atoms with Gasteiger partial charge in [-0.25, -0.2) is 10.2 Å². The van der Waals surface area contributed by atoms with Gasteiger partial charge in [0.1, 0.15) is 5.75 Å². The fourth-order valence-corrected chi connectivity index (χ4v) is 3.27. The van der Waals surface area contributed by atoms with Crippen molar-refractivity contribution in [1.82, 2.24) is 10.7 Å². The molecule has 2 N–H and O–H groups in total. The first-order chi connectivity index (χ1) is 15.8. The van der Waals surface area contributed by atoms with E-state index >= 15 is 0 Å². The molecule has 7 nitrogen and oxygen atoms in total. The molecule has 0 saturated carbocycles. The summed E-state index contributed by atoms with van der Waals surface area (Å²) in [4.78, 5) is 36.1. The Hall–Kier alpha value is -3.39. The third kappa shape index (κ3) is 7.05. The van der Waals surface area contributed by atoms with E-state index in [9.17, 15) is 14.4 Å². The van der Waals surface area contributed by atoms with Gasteiger partial charge >= 0.3 is 5.97 Å². The molecule has 0 fully saturated rings. The molecule has 0 bridgehead atoms. The quantitative estimate of drug-likeness (QED) is 0.210. The Morgan fingerprint density at radius 3 is 2.30 bits per heavy atom. The fourth-order valence-electron chi connectivity index (χ4n) is 2.56. The third-order valence-corrected chi connectivity index (χ3v) is 5.05. The molecule has 0 aliphatic carbocycles. The van der Waals surface area contributed by atoms with Crippen molar-refractivity contribution >= 4 is 58.8 Å². The second-order valence-electron chi connectivity index (χ2n) is 6.54. The second kappa shape index (κ2) is 11.5. The molecular formula is C23H16Cl3N3O4. The highest BCUT2D eigenvalue weighted by atomic mass is 35.5. The highest BCUT2D eigenvalue weighted by molar-refractivity contribution is 6.36. The first kappa shape index (κ1) is 24.3. The number of nitrogens with one attached hydrogen (secondary N) is 2. The molecule has 0 aliphatic heterocycles. The number of carbonyl (C=O) groups is 3. The van der Waals surface area contributed by atoms with Crippen molar-refractivity contribution in [3.05, 3.63) is 98.5 Å². The van der Waals surface area contributed by atoms with Crippen LogP contribution in [0.5, 0.6) is 5.75 Å². The highest BCUT2D eigenvalue weighted by Gasteiger charge is 2.13. The number of carbonyl (C=O) groups excluding carboxylic acids is 3. The smallest absolute Gasteiger partial charge is 0.345 e. The molecule has 0 spiro atoms. The van der Waals surface area contributed by atoms with Gasteiger partial charge in [0.15, 0.2) is 0 Å². The predicted molar refractivity (Wildman–Crippen MR) is 127 cm³/mol. The van der Waals surface area contributed by atoms with Crippen molar-refractivity contribution in [2.75, 3.05) is 6.54 Å². The highest BCUT2D eigenvalue weighted by Crippen LogP contribution is 2.23. The summed E-state index contributed by atoms with van der Waals surface area (Å²) in [6.07, 6.45) is 1.40. The van der Waals surface area contributed by atoms with Gasteiger partial charge in [0.25, 0.3) is 11.8 Å². The van der Waals surface area contributed by atoms with Crippen LogP contribution in [0, 0.1) is 0 Å². The third-order valence-electron chi connectivity index (χ3n) is 4.17. The van der Waals surface area contributed by atoms with Crippen molar-refractivity contribution < 1.29 is 19.1 Å². The summed E-state index contributed by atoms with van der Waals surface area (Å²) < 4.78 is 5.29. The van der Waals surface area contributed by atoms with Crippen molar-refractivity contribution in [2.45, 2.75) is 0 Å². The van der Waals surface area contributed by atoms with Gasteiger partial charge in [0, 0.05) is 5.02 Å². The van der Waals surface area contributed by atoms with Crippen LogP contribution in [0.3, 0.4) is 0 Å². The van der Waals surface area contributed by atoms with E-state index in [1.54, 1.807) is 54.6 Å². The zero-order chi connectivity index (χ0) is 23.8. The van der Waals surface area contributed by atoms with Crippen LogP contribution in [0.2, 0.25) is 15.1 Å². The van der Waals surface area contributed by atoms with Crippen molar-refractivity contribution in [1.29, 1.82) is 0 Å². The minimum atomic E-state index is -0.621. The summed E-state index contributed by atoms with van der Waals surface area (Å²) in [7, 11) is 0. The summed E-state index contributed by atoms with van der Waals surface area (Å²) in [6.45, 7) is -0.274. The largest absolute Gasteiger partial charge is 0.423 e. The number of esters is 1. The molecule has 168 valence electrons. The molecule has 3 rings (SSSR count). The summed E-state index contributed by atoms with van der Waals surface area (Å²) in [5.74, 6) is -1.31. The Labute approximate surface area is 204 Å². The lowest BCUT2D eigenvalue weighted by atomic mass is 10.2. The monoisotopic (exact) mass is 503 g/mol. The van der Waals surface area contributed by atoms with Crippen LogP contribution in [-0.2, 0) is 4.79 Å². The van der Waals surface area contributed by atoms with Crippen LogP contribution >= 0.6 is 34.8 Å². The predicted octanol–water partition coefficient (Wildman–Crippen LogP) is 4.75. The van der Waals surface area contributed by atoms with Gasteiger partial charge in [-0.05, 0) is 60.2 Å². The van der Waals surface area contributed by atoms with Crippen LogP contribution in [0.1, 0.15) is 26.3 Å². The normalized spacial score (nSPS) is 10.6.